The second-order valence-electron chi connectivity index (χ2n) is 4.85. The molecule has 0 aliphatic carbocycles. The van der Waals surface area contributed by atoms with E-state index < -0.39 is 5.69 Å². The summed E-state index contributed by atoms with van der Waals surface area (Å²) in [6, 6.07) is 1.78. The van der Waals surface area contributed by atoms with Gasteiger partial charge in [-0.1, -0.05) is 0 Å². The molecular formula is C14H17N5O2. The first-order valence-electron chi connectivity index (χ1n) is 6.51. The van der Waals surface area contributed by atoms with Crippen molar-refractivity contribution in [1.29, 1.82) is 0 Å². The lowest BCUT2D eigenvalue weighted by atomic mass is 10.3. The number of aryl methyl sites for hydroxylation is 2. The van der Waals surface area contributed by atoms with E-state index in [0.717, 1.165) is 0 Å². The van der Waals surface area contributed by atoms with Gasteiger partial charge in [0.25, 0.3) is 0 Å². The van der Waals surface area contributed by atoms with Crippen LogP contribution in [0.5, 0.6) is 0 Å². The molecule has 0 bridgehead atoms. The fourth-order valence-electron chi connectivity index (χ4n) is 1.97. The minimum atomic E-state index is -0.409. The summed E-state index contributed by atoms with van der Waals surface area (Å²) in [6.45, 7) is 3.85. The number of hydrogen-bond acceptors (Lipinski definition) is 5. The fraction of sp³-hybridized carbons (Fsp3) is 0.357. The van der Waals surface area contributed by atoms with Crippen LogP contribution in [0.15, 0.2) is 29.5 Å². The van der Waals surface area contributed by atoms with Gasteiger partial charge >= 0.3 is 5.69 Å². The SMILES string of the molecule is Cc1cc(C)n(CC(=O)N(C)Cc2cnccn2)c(=O)n1. The Kier molecular flexibility index (Phi) is 4.42. The van der Waals surface area contributed by atoms with Gasteiger partial charge in [-0.3, -0.25) is 19.3 Å². The predicted octanol–water partition coefficient (Wildman–Crippen LogP) is 0.309. The topological polar surface area (TPSA) is 81.0 Å². The molecule has 2 aromatic rings. The third kappa shape index (κ3) is 3.71. The summed E-state index contributed by atoms with van der Waals surface area (Å²) >= 11 is 0. The lowest BCUT2D eigenvalue weighted by molar-refractivity contribution is -0.131. The Morgan fingerprint density at radius 2 is 2.10 bits per heavy atom. The number of rotatable bonds is 4. The summed E-state index contributed by atoms with van der Waals surface area (Å²) < 4.78 is 1.36. The van der Waals surface area contributed by atoms with Gasteiger partial charge in [-0.2, -0.15) is 4.98 Å². The Morgan fingerprint density at radius 1 is 1.33 bits per heavy atom. The highest BCUT2D eigenvalue weighted by Crippen LogP contribution is 2.01. The van der Waals surface area contributed by atoms with Crippen LogP contribution in [0.2, 0.25) is 0 Å². The van der Waals surface area contributed by atoms with Crippen LogP contribution >= 0.6 is 0 Å². The Hall–Kier alpha value is -2.57. The van der Waals surface area contributed by atoms with Gasteiger partial charge in [0.05, 0.1) is 18.4 Å². The highest BCUT2D eigenvalue weighted by molar-refractivity contribution is 5.75. The van der Waals surface area contributed by atoms with Crippen molar-refractivity contribution in [3.63, 3.8) is 0 Å². The highest BCUT2D eigenvalue weighted by Gasteiger charge is 2.13. The number of likely N-dealkylation sites (N-methyl/N-ethyl adjacent to an activating group) is 1. The molecule has 0 saturated carbocycles. The molecular weight excluding hydrogens is 270 g/mol. The Labute approximate surface area is 122 Å². The first kappa shape index (κ1) is 14.8. The maximum atomic E-state index is 12.2. The molecule has 0 aliphatic rings. The Morgan fingerprint density at radius 3 is 2.71 bits per heavy atom. The largest absolute Gasteiger partial charge is 0.348 e. The summed E-state index contributed by atoms with van der Waals surface area (Å²) in [5, 5.41) is 0. The first-order valence-corrected chi connectivity index (χ1v) is 6.51. The number of carbonyl (C=O) groups excluding carboxylic acids is 1. The van der Waals surface area contributed by atoms with E-state index in [-0.39, 0.29) is 12.5 Å². The molecule has 21 heavy (non-hydrogen) atoms. The Bertz CT molecular complexity index is 696. The summed E-state index contributed by atoms with van der Waals surface area (Å²) in [5.41, 5.74) is 1.65. The van der Waals surface area contributed by atoms with Crippen LogP contribution in [0, 0.1) is 13.8 Å². The van der Waals surface area contributed by atoms with Crippen molar-refractivity contribution in [3.8, 4) is 0 Å². The molecule has 0 radical (unpaired) electrons. The fourth-order valence-corrected chi connectivity index (χ4v) is 1.97. The molecule has 7 nitrogen and oxygen atoms in total. The lowest BCUT2D eigenvalue weighted by Gasteiger charge is -2.18. The standard InChI is InChI=1S/C14H17N5O2/c1-10-6-11(2)19(14(21)17-10)9-13(20)18(3)8-12-7-15-4-5-16-12/h4-7H,8-9H2,1-3H3. The average Bonchev–Trinajstić information content (AvgIpc) is 2.43. The van der Waals surface area contributed by atoms with Crippen molar-refractivity contribution in [2.24, 2.45) is 0 Å². The van der Waals surface area contributed by atoms with Crippen molar-refractivity contribution < 1.29 is 4.79 Å². The van der Waals surface area contributed by atoms with E-state index >= 15 is 0 Å². The van der Waals surface area contributed by atoms with Gasteiger partial charge in [0.1, 0.15) is 6.54 Å². The van der Waals surface area contributed by atoms with Crippen LogP contribution in [-0.4, -0.2) is 37.4 Å². The van der Waals surface area contributed by atoms with Crippen molar-refractivity contribution in [2.75, 3.05) is 7.05 Å². The molecule has 2 rings (SSSR count). The van der Waals surface area contributed by atoms with Gasteiger partial charge in [0.2, 0.25) is 5.91 Å². The third-order valence-electron chi connectivity index (χ3n) is 3.08. The van der Waals surface area contributed by atoms with Crippen LogP contribution in [-0.2, 0) is 17.9 Å². The van der Waals surface area contributed by atoms with E-state index in [0.29, 0.717) is 23.6 Å². The van der Waals surface area contributed by atoms with Crippen LogP contribution in [0.3, 0.4) is 0 Å². The van der Waals surface area contributed by atoms with Gasteiger partial charge in [0.15, 0.2) is 0 Å². The molecule has 0 aliphatic heterocycles. The smallest absolute Gasteiger partial charge is 0.338 e. The predicted molar refractivity (Wildman–Crippen MR) is 76.5 cm³/mol. The van der Waals surface area contributed by atoms with Crippen molar-refractivity contribution in [2.45, 2.75) is 26.9 Å². The molecule has 2 aromatic heterocycles. The number of amides is 1. The second kappa shape index (κ2) is 6.25. The van der Waals surface area contributed by atoms with Crippen LogP contribution in [0.25, 0.3) is 0 Å². The van der Waals surface area contributed by atoms with Crippen molar-refractivity contribution in [3.05, 3.63) is 52.2 Å². The number of carbonyl (C=O) groups is 1. The summed E-state index contributed by atoms with van der Waals surface area (Å²) in [5.74, 6) is -0.184. The minimum absolute atomic E-state index is 0.0330. The molecule has 0 aromatic carbocycles. The molecule has 0 unspecified atom stereocenters. The molecule has 0 spiro atoms. The zero-order valence-corrected chi connectivity index (χ0v) is 12.3. The van der Waals surface area contributed by atoms with E-state index in [9.17, 15) is 9.59 Å². The molecule has 1 amide bonds. The average molecular weight is 287 g/mol. The quantitative estimate of drug-likeness (QED) is 0.808. The zero-order valence-electron chi connectivity index (χ0n) is 12.3. The number of hydrogen-bond donors (Lipinski definition) is 0. The summed E-state index contributed by atoms with van der Waals surface area (Å²) in [6.07, 6.45) is 4.76. The van der Waals surface area contributed by atoms with Gasteiger partial charge < -0.3 is 4.90 Å². The van der Waals surface area contributed by atoms with E-state index in [1.807, 2.05) is 0 Å². The zero-order chi connectivity index (χ0) is 15.4. The van der Waals surface area contributed by atoms with E-state index in [2.05, 4.69) is 15.0 Å². The van der Waals surface area contributed by atoms with Crippen LogP contribution in [0.1, 0.15) is 17.1 Å². The van der Waals surface area contributed by atoms with Crippen LogP contribution in [0.4, 0.5) is 0 Å². The summed E-state index contributed by atoms with van der Waals surface area (Å²) in [4.78, 5) is 37.5. The maximum absolute atomic E-state index is 12.2. The number of aromatic nitrogens is 4. The molecule has 0 atom stereocenters. The molecule has 2 heterocycles. The van der Waals surface area contributed by atoms with Gasteiger partial charge in [-0.05, 0) is 19.9 Å². The van der Waals surface area contributed by atoms with Gasteiger partial charge in [-0.15, -0.1) is 0 Å². The van der Waals surface area contributed by atoms with Crippen molar-refractivity contribution in [1.82, 2.24) is 24.4 Å². The monoisotopic (exact) mass is 287 g/mol. The first-order chi connectivity index (χ1) is 9.97. The van der Waals surface area contributed by atoms with E-state index in [1.165, 1.54) is 9.47 Å². The Balaban J connectivity index is 2.10. The molecule has 0 saturated heterocycles. The van der Waals surface area contributed by atoms with E-state index in [1.54, 1.807) is 45.6 Å². The molecule has 0 N–H and O–H groups in total. The number of nitrogens with zero attached hydrogens (tertiary/aromatic N) is 5. The second-order valence-corrected chi connectivity index (χ2v) is 4.85. The normalized spacial score (nSPS) is 10.4. The van der Waals surface area contributed by atoms with Gasteiger partial charge in [0, 0.05) is 30.8 Å². The van der Waals surface area contributed by atoms with Crippen molar-refractivity contribution >= 4 is 5.91 Å². The maximum Gasteiger partial charge on any atom is 0.348 e. The van der Waals surface area contributed by atoms with Gasteiger partial charge in [-0.25, -0.2) is 4.79 Å². The van der Waals surface area contributed by atoms with Crippen LogP contribution < -0.4 is 5.69 Å². The molecule has 0 fully saturated rings. The third-order valence-corrected chi connectivity index (χ3v) is 3.08. The molecule has 110 valence electrons. The highest BCUT2D eigenvalue weighted by atomic mass is 16.2. The van der Waals surface area contributed by atoms with E-state index in [4.69, 9.17) is 0 Å². The molecule has 7 heteroatoms. The summed E-state index contributed by atoms with van der Waals surface area (Å²) in [7, 11) is 1.67. The lowest BCUT2D eigenvalue weighted by Crippen LogP contribution is -2.35. The minimum Gasteiger partial charge on any atom is -0.338 e.